The standard InChI is InChI=1S/C13H16N2S/c1-10(2)14-8-13-15-12(9-16-13)11-6-4-3-5-7-11/h3-7,9-10,14H,8H2,1-2H3. The lowest BCUT2D eigenvalue weighted by molar-refractivity contribution is 0.587. The van der Waals surface area contributed by atoms with Crippen LogP contribution in [0.3, 0.4) is 0 Å². The summed E-state index contributed by atoms with van der Waals surface area (Å²) < 4.78 is 0. The molecule has 16 heavy (non-hydrogen) atoms. The van der Waals surface area contributed by atoms with Gasteiger partial charge in [-0.1, -0.05) is 44.2 Å². The van der Waals surface area contributed by atoms with E-state index >= 15 is 0 Å². The molecule has 84 valence electrons. The van der Waals surface area contributed by atoms with E-state index in [2.05, 4.69) is 41.7 Å². The summed E-state index contributed by atoms with van der Waals surface area (Å²) in [6.07, 6.45) is 0. The van der Waals surface area contributed by atoms with E-state index in [9.17, 15) is 0 Å². The van der Waals surface area contributed by atoms with E-state index in [4.69, 9.17) is 0 Å². The predicted molar refractivity (Wildman–Crippen MR) is 69.5 cm³/mol. The third-order valence-electron chi connectivity index (χ3n) is 2.28. The Morgan fingerprint density at radius 1 is 1.25 bits per heavy atom. The van der Waals surface area contributed by atoms with Crippen LogP contribution < -0.4 is 5.32 Å². The van der Waals surface area contributed by atoms with Crippen molar-refractivity contribution in [2.45, 2.75) is 26.4 Å². The number of nitrogens with zero attached hydrogens (tertiary/aromatic N) is 1. The molecule has 0 fully saturated rings. The van der Waals surface area contributed by atoms with Gasteiger partial charge in [-0.2, -0.15) is 0 Å². The molecule has 0 saturated carbocycles. The molecule has 1 N–H and O–H groups in total. The molecule has 2 rings (SSSR count). The fourth-order valence-electron chi connectivity index (χ4n) is 1.43. The second kappa shape index (κ2) is 5.23. The molecular formula is C13H16N2S. The summed E-state index contributed by atoms with van der Waals surface area (Å²) in [5.74, 6) is 0. The van der Waals surface area contributed by atoms with Crippen LogP contribution in [0.1, 0.15) is 18.9 Å². The molecule has 1 aromatic heterocycles. The maximum atomic E-state index is 4.61. The summed E-state index contributed by atoms with van der Waals surface area (Å²) in [7, 11) is 0. The molecule has 1 aromatic carbocycles. The van der Waals surface area contributed by atoms with E-state index in [1.165, 1.54) is 5.56 Å². The topological polar surface area (TPSA) is 24.9 Å². The van der Waals surface area contributed by atoms with Crippen LogP contribution >= 0.6 is 11.3 Å². The Morgan fingerprint density at radius 2 is 2.00 bits per heavy atom. The van der Waals surface area contributed by atoms with Crippen LogP contribution in [0.4, 0.5) is 0 Å². The highest BCUT2D eigenvalue weighted by atomic mass is 32.1. The van der Waals surface area contributed by atoms with Crippen molar-refractivity contribution in [2.24, 2.45) is 0 Å². The van der Waals surface area contributed by atoms with Gasteiger partial charge >= 0.3 is 0 Å². The predicted octanol–water partition coefficient (Wildman–Crippen LogP) is 3.31. The summed E-state index contributed by atoms with van der Waals surface area (Å²) in [5.41, 5.74) is 2.26. The number of benzene rings is 1. The highest BCUT2D eigenvalue weighted by Gasteiger charge is 2.04. The van der Waals surface area contributed by atoms with Crippen LogP contribution in [-0.2, 0) is 6.54 Å². The van der Waals surface area contributed by atoms with Gasteiger partial charge in [0.15, 0.2) is 0 Å². The molecule has 0 unspecified atom stereocenters. The van der Waals surface area contributed by atoms with Crippen molar-refractivity contribution in [3.8, 4) is 11.3 Å². The average molecular weight is 232 g/mol. The molecule has 0 atom stereocenters. The van der Waals surface area contributed by atoms with Crippen LogP contribution in [0.15, 0.2) is 35.7 Å². The quantitative estimate of drug-likeness (QED) is 0.874. The van der Waals surface area contributed by atoms with E-state index in [-0.39, 0.29) is 0 Å². The highest BCUT2D eigenvalue weighted by molar-refractivity contribution is 7.09. The normalized spacial score (nSPS) is 10.9. The third kappa shape index (κ3) is 2.90. The van der Waals surface area contributed by atoms with Crippen molar-refractivity contribution < 1.29 is 0 Å². The molecule has 3 heteroatoms. The second-order valence-electron chi connectivity index (χ2n) is 4.03. The lowest BCUT2D eigenvalue weighted by atomic mass is 10.2. The monoisotopic (exact) mass is 232 g/mol. The van der Waals surface area contributed by atoms with Gasteiger partial charge in [0.25, 0.3) is 0 Å². The molecule has 0 bridgehead atoms. The minimum Gasteiger partial charge on any atom is -0.308 e. The summed E-state index contributed by atoms with van der Waals surface area (Å²) in [5, 5.41) is 6.64. The molecule has 0 saturated heterocycles. The Labute approximate surface area is 100 Å². The minimum atomic E-state index is 0.504. The number of nitrogens with one attached hydrogen (secondary N) is 1. The van der Waals surface area contributed by atoms with Gasteiger partial charge in [-0.05, 0) is 0 Å². The van der Waals surface area contributed by atoms with Crippen molar-refractivity contribution in [3.05, 3.63) is 40.7 Å². The van der Waals surface area contributed by atoms with Gasteiger partial charge in [0, 0.05) is 23.5 Å². The van der Waals surface area contributed by atoms with Gasteiger partial charge in [-0.25, -0.2) is 4.98 Å². The summed E-state index contributed by atoms with van der Waals surface area (Å²) in [6.45, 7) is 5.15. The fourth-order valence-corrected chi connectivity index (χ4v) is 2.18. The zero-order chi connectivity index (χ0) is 11.4. The smallest absolute Gasteiger partial charge is 0.107 e. The molecule has 0 aliphatic heterocycles. The Balaban J connectivity index is 2.08. The number of rotatable bonds is 4. The van der Waals surface area contributed by atoms with E-state index in [0.717, 1.165) is 17.2 Å². The molecule has 0 aliphatic rings. The Morgan fingerprint density at radius 3 is 2.69 bits per heavy atom. The summed E-state index contributed by atoms with van der Waals surface area (Å²) >= 11 is 1.71. The van der Waals surface area contributed by atoms with Crippen LogP contribution in [0.5, 0.6) is 0 Å². The second-order valence-corrected chi connectivity index (χ2v) is 4.97. The Bertz CT molecular complexity index is 434. The van der Waals surface area contributed by atoms with Crippen molar-refractivity contribution >= 4 is 11.3 Å². The van der Waals surface area contributed by atoms with Crippen LogP contribution in [-0.4, -0.2) is 11.0 Å². The highest BCUT2D eigenvalue weighted by Crippen LogP contribution is 2.21. The largest absolute Gasteiger partial charge is 0.308 e. The van der Waals surface area contributed by atoms with Gasteiger partial charge in [0.1, 0.15) is 5.01 Å². The van der Waals surface area contributed by atoms with Crippen LogP contribution in [0.2, 0.25) is 0 Å². The Kier molecular flexibility index (Phi) is 3.70. The van der Waals surface area contributed by atoms with Crippen molar-refractivity contribution in [3.63, 3.8) is 0 Å². The van der Waals surface area contributed by atoms with Crippen molar-refractivity contribution in [1.29, 1.82) is 0 Å². The van der Waals surface area contributed by atoms with Crippen molar-refractivity contribution in [2.75, 3.05) is 0 Å². The zero-order valence-electron chi connectivity index (χ0n) is 9.60. The zero-order valence-corrected chi connectivity index (χ0v) is 10.4. The van der Waals surface area contributed by atoms with Gasteiger partial charge in [0.2, 0.25) is 0 Å². The molecule has 2 aromatic rings. The molecule has 0 aliphatic carbocycles. The number of hydrogen-bond donors (Lipinski definition) is 1. The fraction of sp³-hybridized carbons (Fsp3) is 0.308. The van der Waals surface area contributed by atoms with Gasteiger partial charge < -0.3 is 5.32 Å². The first-order chi connectivity index (χ1) is 7.75. The van der Waals surface area contributed by atoms with Crippen LogP contribution in [0.25, 0.3) is 11.3 Å². The van der Waals surface area contributed by atoms with E-state index in [0.29, 0.717) is 6.04 Å². The lowest BCUT2D eigenvalue weighted by Crippen LogP contribution is -2.21. The maximum absolute atomic E-state index is 4.61. The molecule has 0 spiro atoms. The van der Waals surface area contributed by atoms with E-state index in [1.807, 2.05) is 18.2 Å². The number of aromatic nitrogens is 1. The first-order valence-electron chi connectivity index (χ1n) is 5.49. The Hall–Kier alpha value is -1.19. The molecule has 1 heterocycles. The molecule has 0 radical (unpaired) electrons. The lowest BCUT2D eigenvalue weighted by Gasteiger charge is -2.04. The first kappa shape index (κ1) is 11.3. The van der Waals surface area contributed by atoms with E-state index in [1.54, 1.807) is 11.3 Å². The SMILES string of the molecule is CC(C)NCc1nc(-c2ccccc2)cs1. The van der Waals surface area contributed by atoms with Gasteiger partial charge in [-0.3, -0.25) is 0 Å². The van der Waals surface area contributed by atoms with Crippen LogP contribution in [0, 0.1) is 0 Å². The third-order valence-corrected chi connectivity index (χ3v) is 3.13. The molecule has 0 amide bonds. The number of hydrogen-bond acceptors (Lipinski definition) is 3. The molecule has 2 nitrogen and oxygen atoms in total. The van der Waals surface area contributed by atoms with E-state index < -0.39 is 0 Å². The summed E-state index contributed by atoms with van der Waals surface area (Å²) in [4.78, 5) is 4.61. The molecular weight excluding hydrogens is 216 g/mol. The van der Waals surface area contributed by atoms with Gasteiger partial charge in [-0.15, -0.1) is 11.3 Å². The summed E-state index contributed by atoms with van der Waals surface area (Å²) in [6, 6.07) is 10.8. The van der Waals surface area contributed by atoms with Crippen molar-refractivity contribution in [1.82, 2.24) is 10.3 Å². The number of thiazole rings is 1. The maximum Gasteiger partial charge on any atom is 0.107 e. The van der Waals surface area contributed by atoms with Gasteiger partial charge in [0.05, 0.1) is 5.69 Å². The average Bonchev–Trinajstić information content (AvgIpc) is 2.76. The minimum absolute atomic E-state index is 0.504. The first-order valence-corrected chi connectivity index (χ1v) is 6.37.